The van der Waals surface area contributed by atoms with Crippen molar-refractivity contribution in [1.29, 1.82) is 0 Å². The number of nitrogens with zero attached hydrogens (tertiary/aromatic N) is 2. The van der Waals surface area contributed by atoms with Crippen molar-refractivity contribution in [3.05, 3.63) is 0 Å². The summed E-state index contributed by atoms with van der Waals surface area (Å²) in [5.74, 6) is 13.6. The van der Waals surface area contributed by atoms with Gasteiger partial charge >= 0.3 is 0 Å². The van der Waals surface area contributed by atoms with Crippen LogP contribution in [-0.2, 0) is 0 Å². The van der Waals surface area contributed by atoms with Crippen molar-refractivity contribution in [2.75, 3.05) is 52.4 Å². The van der Waals surface area contributed by atoms with Gasteiger partial charge in [0, 0.05) is 12.8 Å². The Balaban J connectivity index is -0.00000264. The first-order chi connectivity index (χ1) is 11.6. The molecule has 0 atom stereocenters. The zero-order valence-corrected chi connectivity index (χ0v) is 22.5. The van der Waals surface area contributed by atoms with Gasteiger partial charge in [-0.15, -0.1) is 0 Å². The second-order valence-corrected chi connectivity index (χ2v) is 6.81. The normalized spacial score (nSPS) is 10.5. The highest BCUT2D eigenvalue weighted by atomic mass is 127. The third-order valence-electron chi connectivity index (χ3n) is 5.96. The van der Waals surface area contributed by atoms with E-state index in [0.29, 0.717) is 0 Å². The average molecular weight is 588 g/mol. The Morgan fingerprint density at radius 1 is 0.462 bits per heavy atom. The monoisotopic (exact) mass is 588 g/mol. The summed E-state index contributed by atoms with van der Waals surface area (Å²) < 4.78 is 2.26. The Kier molecular flexibility index (Phi) is 22.6. The largest absolute Gasteiger partial charge is 1.00 e. The van der Waals surface area contributed by atoms with Gasteiger partial charge in [-0.25, -0.2) is 0 Å². The van der Waals surface area contributed by atoms with Gasteiger partial charge in [0.05, 0.1) is 39.3 Å². The highest BCUT2D eigenvalue weighted by Gasteiger charge is 2.19. The molecule has 0 bridgehead atoms. The number of hydrogen-bond donors (Lipinski definition) is 0. The first kappa shape index (κ1) is 31.2. The molecular formula is C22H42I2N2. The predicted octanol–water partition coefficient (Wildman–Crippen LogP) is -1.69. The quantitative estimate of drug-likeness (QED) is 0.117. The van der Waals surface area contributed by atoms with Crippen LogP contribution < -0.4 is 48.0 Å². The van der Waals surface area contributed by atoms with Crippen LogP contribution in [0.5, 0.6) is 0 Å². The second-order valence-electron chi connectivity index (χ2n) is 6.81. The van der Waals surface area contributed by atoms with Gasteiger partial charge in [-0.2, -0.15) is 0 Å². The van der Waals surface area contributed by atoms with Crippen molar-refractivity contribution in [3.63, 3.8) is 0 Å². The molecule has 0 aliphatic heterocycles. The van der Waals surface area contributed by atoms with Crippen molar-refractivity contribution < 1.29 is 56.9 Å². The lowest BCUT2D eigenvalue weighted by Crippen LogP contribution is -3.00. The van der Waals surface area contributed by atoms with E-state index in [1.165, 1.54) is 52.1 Å². The molecule has 0 fully saturated rings. The van der Waals surface area contributed by atoms with Gasteiger partial charge in [0.2, 0.25) is 0 Å². The summed E-state index contributed by atoms with van der Waals surface area (Å²) in [5.41, 5.74) is 0. The molecule has 0 spiro atoms. The Morgan fingerprint density at radius 2 is 0.731 bits per heavy atom. The summed E-state index contributed by atoms with van der Waals surface area (Å²) >= 11 is 0. The minimum atomic E-state index is 0. The maximum absolute atomic E-state index is 3.41. The molecular weight excluding hydrogens is 546 g/mol. The van der Waals surface area contributed by atoms with E-state index in [1.54, 1.807) is 0 Å². The fourth-order valence-electron chi connectivity index (χ4n) is 3.06. The molecule has 0 radical (unpaired) electrons. The van der Waals surface area contributed by atoms with Crippen molar-refractivity contribution in [3.8, 4) is 23.7 Å². The standard InChI is InChI=1S/C22H42N2.2HI/c1-7-23(8-2,9-3)21-19-17-15-13-14-16-18-20-22-24(10-4,11-5)12-6;;/h7-16,21-22H2,1-6H3;2*1H/q+2;;/p-2. The van der Waals surface area contributed by atoms with Crippen LogP contribution in [0.25, 0.3) is 0 Å². The van der Waals surface area contributed by atoms with Gasteiger partial charge in [0.25, 0.3) is 0 Å². The minimum absolute atomic E-state index is 0. The maximum Gasteiger partial charge on any atom is 0.140 e. The van der Waals surface area contributed by atoms with E-state index in [-0.39, 0.29) is 48.0 Å². The third kappa shape index (κ3) is 12.1. The van der Waals surface area contributed by atoms with Crippen LogP contribution >= 0.6 is 0 Å². The molecule has 0 amide bonds. The van der Waals surface area contributed by atoms with Crippen LogP contribution in [0.3, 0.4) is 0 Å². The van der Waals surface area contributed by atoms with Crippen molar-refractivity contribution >= 4 is 0 Å². The van der Waals surface area contributed by atoms with E-state index in [2.05, 4.69) is 65.2 Å². The molecule has 2 nitrogen and oxygen atoms in total. The van der Waals surface area contributed by atoms with E-state index in [4.69, 9.17) is 0 Å². The van der Waals surface area contributed by atoms with Crippen LogP contribution in [-0.4, -0.2) is 61.3 Å². The Labute approximate surface area is 199 Å². The first-order valence-electron chi connectivity index (χ1n) is 10.2. The number of rotatable bonds is 11. The molecule has 26 heavy (non-hydrogen) atoms. The second kappa shape index (κ2) is 18.8. The number of halogens is 2. The summed E-state index contributed by atoms with van der Waals surface area (Å²) in [5, 5.41) is 0. The van der Waals surface area contributed by atoms with Crippen molar-refractivity contribution in [2.45, 2.75) is 67.2 Å². The van der Waals surface area contributed by atoms with Crippen LogP contribution in [0.15, 0.2) is 0 Å². The molecule has 0 N–H and O–H groups in total. The maximum atomic E-state index is 3.41. The smallest absolute Gasteiger partial charge is 0.140 e. The summed E-state index contributed by atoms with van der Waals surface area (Å²) in [4.78, 5) is 0. The van der Waals surface area contributed by atoms with Crippen LogP contribution in [0.1, 0.15) is 67.2 Å². The van der Waals surface area contributed by atoms with Gasteiger partial charge in [-0.1, -0.05) is 11.8 Å². The molecule has 0 aromatic carbocycles. The van der Waals surface area contributed by atoms with Crippen LogP contribution in [0, 0.1) is 23.7 Å². The molecule has 0 rings (SSSR count). The molecule has 0 aliphatic rings. The van der Waals surface area contributed by atoms with Crippen molar-refractivity contribution in [2.24, 2.45) is 0 Å². The lowest BCUT2D eigenvalue weighted by atomic mass is 10.2. The topological polar surface area (TPSA) is 0 Å². The average Bonchev–Trinajstić information content (AvgIpc) is 2.64. The molecule has 0 aromatic rings. The summed E-state index contributed by atoms with van der Waals surface area (Å²) in [6.45, 7) is 22.8. The number of quaternary nitrogens is 2. The molecule has 0 aliphatic carbocycles. The predicted molar refractivity (Wildman–Crippen MR) is 108 cm³/mol. The molecule has 0 unspecified atom stereocenters. The van der Waals surface area contributed by atoms with Gasteiger partial charge in [-0.3, -0.25) is 0 Å². The summed E-state index contributed by atoms with van der Waals surface area (Å²) in [7, 11) is 0. The third-order valence-corrected chi connectivity index (χ3v) is 5.96. The molecule has 0 aromatic heterocycles. The number of hydrogen-bond acceptors (Lipinski definition) is 0. The first-order valence-corrected chi connectivity index (χ1v) is 10.2. The molecule has 154 valence electrons. The molecule has 4 heteroatoms. The van der Waals surface area contributed by atoms with E-state index in [0.717, 1.165) is 34.9 Å². The molecule has 0 saturated carbocycles. The molecule has 0 heterocycles. The Bertz CT molecular complexity index is 374. The fourth-order valence-corrected chi connectivity index (χ4v) is 3.06. The summed E-state index contributed by atoms with van der Waals surface area (Å²) in [6, 6.07) is 0. The van der Waals surface area contributed by atoms with Gasteiger partial charge in [0.15, 0.2) is 0 Å². The van der Waals surface area contributed by atoms with Gasteiger partial charge in [0.1, 0.15) is 13.1 Å². The zero-order chi connectivity index (χ0) is 18.3. The van der Waals surface area contributed by atoms with E-state index in [9.17, 15) is 0 Å². The Hall–Kier alpha value is 0.500. The van der Waals surface area contributed by atoms with Crippen LogP contribution in [0.4, 0.5) is 0 Å². The van der Waals surface area contributed by atoms with E-state index >= 15 is 0 Å². The van der Waals surface area contributed by atoms with Crippen molar-refractivity contribution in [1.82, 2.24) is 0 Å². The highest BCUT2D eigenvalue weighted by molar-refractivity contribution is 5.01. The van der Waals surface area contributed by atoms with Gasteiger partial charge < -0.3 is 56.9 Å². The SMILES string of the molecule is CC[N+](CC)(CC)CC#CCCCCC#CC[N+](CC)(CC)CC.[I-].[I-]. The number of unbranched alkanes of at least 4 members (excludes halogenated alkanes) is 3. The van der Waals surface area contributed by atoms with E-state index < -0.39 is 0 Å². The summed E-state index contributed by atoms with van der Waals surface area (Å²) in [6.07, 6.45) is 4.41. The van der Waals surface area contributed by atoms with Gasteiger partial charge in [-0.05, 0) is 66.2 Å². The molecule has 0 saturated heterocycles. The Morgan fingerprint density at radius 3 is 0.962 bits per heavy atom. The van der Waals surface area contributed by atoms with Crippen LogP contribution in [0.2, 0.25) is 0 Å². The highest BCUT2D eigenvalue weighted by Crippen LogP contribution is 2.05. The zero-order valence-electron chi connectivity index (χ0n) is 18.1. The fraction of sp³-hybridized carbons (Fsp3) is 0.818. The lowest BCUT2D eigenvalue weighted by molar-refractivity contribution is -0.916. The lowest BCUT2D eigenvalue weighted by Gasteiger charge is -2.33. The van der Waals surface area contributed by atoms with E-state index in [1.807, 2.05) is 0 Å². The minimum Gasteiger partial charge on any atom is -1.00 e.